The third-order valence-electron chi connectivity index (χ3n) is 6.73. The van der Waals surface area contributed by atoms with E-state index in [0.29, 0.717) is 12.1 Å². The van der Waals surface area contributed by atoms with Gasteiger partial charge in [-0.15, -0.1) is 0 Å². The zero-order valence-corrected chi connectivity index (χ0v) is 15.7. The Morgan fingerprint density at radius 3 is 2.58 bits per heavy atom. The average molecular weight is 351 g/mol. The quantitative estimate of drug-likeness (QED) is 0.846. The number of hydrogen-bond acceptors (Lipinski definition) is 4. The fourth-order valence-electron chi connectivity index (χ4n) is 5.30. The first-order valence-electron chi connectivity index (χ1n) is 10.3. The summed E-state index contributed by atoms with van der Waals surface area (Å²) in [6.45, 7) is 6.75. The Kier molecular flexibility index (Phi) is 4.33. The molecule has 0 N–H and O–H groups in total. The Morgan fingerprint density at radius 2 is 1.85 bits per heavy atom. The van der Waals surface area contributed by atoms with Crippen LogP contribution in [0.25, 0.3) is 0 Å². The van der Waals surface area contributed by atoms with Gasteiger partial charge in [0, 0.05) is 37.8 Å². The van der Waals surface area contributed by atoms with Crippen LogP contribution < -0.4 is 0 Å². The van der Waals surface area contributed by atoms with Crippen molar-refractivity contribution in [1.29, 1.82) is 0 Å². The molecular formula is C22H29N3O. The molecule has 3 aliphatic heterocycles. The lowest BCUT2D eigenvalue weighted by molar-refractivity contribution is 0.109. The van der Waals surface area contributed by atoms with Crippen LogP contribution in [-0.4, -0.2) is 46.7 Å². The molecule has 6 rings (SSSR count). The van der Waals surface area contributed by atoms with Crippen molar-refractivity contribution in [2.45, 2.75) is 57.7 Å². The molecule has 3 fully saturated rings. The molecule has 2 aromatic rings. The summed E-state index contributed by atoms with van der Waals surface area (Å²) in [5.74, 6) is 1.83. The molecule has 4 nitrogen and oxygen atoms in total. The molecule has 0 saturated carbocycles. The van der Waals surface area contributed by atoms with E-state index in [9.17, 15) is 0 Å². The largest absolute Gasteiger partial charge is 0.360 e. The lowest BCUT2D eigenvalue weighted by atomic mass is 9.95. The average Bonchev–Trinajstić information content (AvgIpc) is 3.20. The van der Waals surface area contributed by atoms with Gasteiger partial charge in [0.25, 0.3) is 0 Å². The predicted molar refractivity (Wildman–Crippen MR) is 102 cm³/mol. The molecule has 0 amide bonds. The van der Waals surface area contributed by atoms with Crippen LogP contribution in [0.15, 0.2) is 34.9 Å². The summed E-state index contributed by atoms with van der Waals surface area (Å²) >= 11 is 0. The number of rotatable bonds is 4. The summed E-state index contributed by atoms with van der Waals surface area (Å²) < 4.78 is 5.57. The smallest absolute Gasteiger partial charge is 0.150 e. The third kappa shape index (κ3) is 3.10. The highest BCUT2D eigenvalue weighted by molar-refractivity contribution is 5.33. The minimum Gasteiger partial charge on any atom is -0.360 e. The lowest BCUT2D eigenvalue weighted by Gasteiger charge is -2.35. The van der Waals surface area contributed by atoms with Gasteiger partial charge >= 0.3 is 0 Å². The van der Waals surface area contributed by atoms with Gasteiger partial charge in [-0.2, -0.15) is 0 Å². The van der Waals surface area contributed by atoms with Gasteiger partial charge in [-0.05, 0) is 49.1 Å². The Labute approximate surface area is 156 Å². The maximum absolute atomic E-state index is 5.57. The molecular weight excluding hydrogens is 322 g/mol. The Hall–Kier alpha value is -1.65. The molecule has 4 heterocycles. The first-order chi connectivity index (χ1) is 12.8. The molecule has 3 saturated heterocycles. The van der Waals surface area contributed by atoms with Crippen molar-refractivity contribution in [3.05, 3.63) is 52.9 Å². The van der Waals surface area contributed by atoms with Crippen LogP contribution in [0.3, 0.4) is 0 Å². The van der Waals surface area contributed by atoms with Crippen LogP contribution in [0, 0.1) is 5.92 Å². The number of piperidine rings is 1. The van der Waals surface area contributed by atoms with Crippen molar-refractivity contribution in [2.75, 3.05) is 19.6 Å². The highest BCUT2D eigenvalue weighted by atomic mass is 16.5. The summed E-state index contributed by atoms with van der Waals surface area (Å²) in [4.78, 5) is 5.47. The van der Waals surface area contributed by atoms with E-state index >= 15 is 0 Å². The SMILES string of the molecule is CCc1cc(CN2C[C@H]3CC[C@@H]2CN(C2Cc4ccccc4C2)C3)on1. The van der Waals surface area contributed by atoms with Gasteiger partial charge in [0.2, 0.25) is 0 Å². The van der Waals surface area contributed by atoms with Crippen LogP contribution in [0.2, 0.25) is 0 Å². The van der Waals surface area contributed by atoms with Crippen molar-refractivity contribution in [3.63, 3.8) is 0 Å². The van der Waals surface area contributed by atoms with Crippen LogP contribution >= 0.6 is 0 Å². The number of aromatic nitrogens is 1. The van der Waals surface area contributed by atoms with Crippen molar-refractivity contribution >= 4 is 0 Å². The fourth-order valence-corrected chi connectivity index (χ4v) is 5.30. The van der Waals surface area contributed by atoms with Crippen LogP contribution in [0.4, 0.5) is 0 Å². The molecule has 1 aliphatic carbocycles. The molecule has 0 unspecified atom stereocenters. The third-order valence-corrected chi connectivity index (χ3v) is 6.73. The first-order valence-corrected chi connectivity index (χ1v) is 10.3. The highest BCUT2D eigenvalue weighted by Gasteiger charge is 2.38. The monoisotopic (exact) mass is 351 g/mol. The second-order valence-corrected chi connectivity index (χ2v) is 8.45. The standard InChI is InChI=1S/C22H29N3O/c1-2-19-11-22(26-23-19)15-25-13-16-7-8-20(25)14-24(12-16)21-9-17-5-3-4-6-18(17)10-21/h3-6,11,16,20-21H,2,7-10,12-15H2,1H3/t16-,20+/m0/s1. The van der Waals surface area contributed by atoms with Gasteiger partial charge in [-0.1, -0.05) is 36.3 Å². The minimum atomic E-state index is 0.660. The molecule has 2 bridgehead atoms. The Bertz CT molecular complexity index is 745. The second-order valence-electron chi connectivity index (χ2n) is 8.45. The van der Waals surface area contributed by atoms with E-state index in [1.54, 1.807) is 11.1 Å². The van der Waals surface area contributed by atoms with Crippen molar-refractivity contribution < 1.29 is 4.52 Å². The van der Waals surface area contributed by atoms with Crippen molar-refractivity contribution in [1.82, 2.24) is 15.0 Å². The molecule has 4 heteroatoms. The summed E-state index contributed by atoms with van der Waals surface area (Å²) in [6.07, 6.45) is 6.13. The van der Waals surface area contributed by atoms with E-state index in [-0.39, 0.29) is 0 Å². The number of nitrogens with zero attached hydrogens (tertiary/aromatic N) is 3. The number of fused-ring (bicyclic) bond motifs is 5. The molecule has 138 valence electrons. The van der Waals surface area contributed by atoms with E-state index in [1.807, 2.05) is 0 Å². The van der Waals surface area contributed by atoms with Gasteiger partial charge < -0.3 is 4.52 Å². The molecule has 0 spiro atoms. The number of benzene rings is 1. The van der Waals surface area contributed by atoms with Crippen LogP contribution in [-0.2, 0) is 25.8 Å². The minimum absolute atomic E-state index is 0.660. The van der Waals surface area contributed by atoms with Gasteiger partial charge in [-0.25, -0.2) is 0 Å². The maximum atomic E-state index is 5.57. The molecule has 1 aromatic heterocycles. The van der Waals surface area contributed by atoms with Crippen LogP contribution in [0.1, 0.15) is 42.3 Å². The maximum Gasteiger partial charge on any atom is 0.150 e. The Morgan fingerprint density at radius 1 is 1.04 bits per heavy atom. The van der Waals surface area contributed by atoms with Gasteiger partial charge in [0.15, 0.2) is 5.76 Å². The lowest BCUT2D eigenvalue weighted by Crippen LogP contribution is -2.44. The first kappa shape index (κ1) is 16.5. The summed E-state index contributed by atoms with van der Waals surface area (Å²) in [6, 6.07) is 12.5. The van der Waals surface area contributed by atoms with Crippen molar-refractivity contribution in [3.8, 4) is 0 Å². The zero-order chi connectivity index (χ0) is 17.5. The van der Waals surface area contributed by atoms with E-state index in [2.05, 4.69) is 52.2 Å². The van der Waals surface area contributed by atoms with Crippen LogP contribution in [0.5, 0.6) is 0 Å². The molecule has 26 heavy (non-hydrogen) atoms. The number of hydrogen-bond donors (Lipinski definition) is 0. The van der Waals surface area contributed by atoms with E-state index in [0.717, 1.165) is 30.3 Å². The van der Waals surface area contributed by atoms with Gasteiger partial charge in [0.1, 0.15) is 0 Å². The predicted octanol–water partition coefficient (Wildman–Crippen LogP) is 3.30. The highest BCUT2D eigenvalue weighted by Crippen LogP contribution is 2.33. The van der Waals surface area contributed by atoms with Crippen molar-refractivity contribution in [2.24, 2.45) is 5.92 Å². The topological polar surface area (TPSA) is 32.5 Å². The number of aryl methyl sites for hydroxylation is 1. The molecule has 4 aliphatic rings. The van der Waals surface area contributed by atoms with Gasteiger partial charge in [-0.3, -0.25) is 9.80 Å². The fraction of sp³-hybridized carbons (Fsp3) is 0.591. The summed E-state index contributed by atoms with van der Waals surface area (Å²) in [5.41, 5.74) is 4.21. The van der Waals surface area contributed by atoms with E-state index in [1.165, 1.54) is 45.3 Å². The molecule has 1 aromatic carbocycles. The van der Waals surface area contributed by atoms with E-state index in [4.69, 9.17) is 4.52 Å². The normalized spacial score (nSPS) is 27.0. The molecule has 0 radical (unpaired) electrons. The zero-order valence-electron chi connectivity index (χ0n) is 15.7. The molecule has 2 atom stereocenters. The van der Waals surface area contributed by atoms with E-state index < -0.39 is 0 Å². The second kappa shape index (κ2) is 6.82. The summed E-state index contributed by atoms with van der Waals surface area (Å²) in [7, 11) is 0. The summed E-state index contributed by atoms with van der Waals surface area (Å²) in [5, 5.41) is 4.17. The van der Waals surface area contributed by atoms with Gasteiger partial charge in [0.05, 0.1) is 12.2 Å². The Balaban J connectivity index is 1.28.